The molecule has 2 rings (SSSR count). The van der Waals surface area contributed by atoms with E-state index in [1.54, 1.807) is 38.3 Å². The number of rotatable bonds is 6. The molecule has 1 aromatic carbocycles. The summed E-state index contributed by atoms with van der Waals surface area (Å²) in [5, 5.41) is 6.40. The third kappa shape index (κ3) is 4.82. The van der Waals surface area contributed by atoms with E-state index in [-0.39, 0.29) is 11.7 Å². The number of esters is 1. The van der Waals surface area contributed by atoms with Crippen LogP contribution in [0.3, 0.4) is 0 Å². The molecule has 1 aliphatic heterocycles. The van der Waals surface area contributed by atoms with Crippen molar-refractivity contribution < 1.29 is 19.1 Å². The highest BCUT2D eigenvalue weighted by molar-refractivity contribution is 8.27. The Morgan fingerprint density at radius 1 is 1.17 bits per heavy atom. The van der Waals surface area contributed by atoms with E-state index in [1.807, 2.05) is 17.7 Å². The first-order valence-electron chi connectivity index (χ1n) is 7.44. The van der Waals surface area contributed by atoms with Gasteiger partial charge < -0.3 is 14.8 Å². The summed E-state index contributed by atoms with van der Waals surface area (Å²) >= 11 is 2.68. The van der Waals surface area contributed by atoms with Crippen LogP contribution >= 0.6 is 23.5 Å². The molecule has 0 saturated heterocycles. The smallest absolute Gasteiger partial charge is 0.345 e. The van der Waals surface area contributed by atoms with Crippen LogP contribution in [0.25, 0.3) is 0 Å². The Morgan fingerprint density at radius 3 is 2.33 bits per heavy atom. The van der Waals surface area contributed by atoms with Gasteiger partial charge in [0.25, 0.3) is 5.91 Å². The number of carbonyl (C=O) groups excluding carboxylic acids is 2. The summed E-state index contributed by atoms with van der Waals surface area (Å²) in [5.74, 6) is -0.393. The molecule has 0 fully saturated rings. The van der Waals surface area contributed by atoms with Crippen LogP contribution in [0.2, 0.25) is 0 Å². The van der Waals surface area contributed by atoms with Gasteiger partial charge in [0.2, 0.25) is 0 Å². The van der Waals surface area contributed by atoms with Crippen LogP contribution in [0.5, 0.6) is 5.75 Å². The summed E-state index contributed by atoms with van der Waals surface area (Å²) in [7, 11) is 1.57. The Hall–Kier alpha value is -1.86. The Labute approximate surface area is 149 Å². The summed E-state index contributed by atoms with van der Waals surface area (Å²) in [6, 6.07) is 6.90. The largest absolute Gasteiger partial charge is 0.497 e. The lowest BCUT2D eigenvalue weighted by Gasteiger charge is -2.14. The van der Waals surface area contributed by atoms with Crippen LogP contribution in [0.1, 0.15) is 20.3 Å². The van der Waals surface area contributed by atoms with Gasteiger partial charge in [-0.1, -0.05) is 30.4 Å². The molecule has 128 valence electrons. The minimum Gasteiger partial charge on any atom is -0.497 e. The second-order valence-corrected chi connectivity index (χ2v) is 7.07. The summed E-state index contributed by atoms with van der Waals surface area (Å²) in [6.07, 6.45) is 0.443. The molecular weight excluding hydrogens is 346 g/mol. The van der Waals surface area contributed by atoms with Crippen molar-refractivity contribution in [3.05, 3.63) is 44.9 Å². The number of thioether (sulfide) groups is 2. The molecule has 0 radical (unpaired) electrons. The lowest BCUT2D eigenvalue weighted by atomic mass is 10.2. The van der Waals surface area contributed by atoms with Gasteiger partial charge in [0, 0.05) is 5.69 Å². The maximum atomic E-state index is 12.6. The Bertz CT molecular complexity index is 658. The zero-order chi connectivity index (χ0) is 17.5. The van der Waals surface area contributed by atoms with Gasteiger partial charge in [-0.3, -0.25) is 4.79 Å². The molecule has 1 heterocycles. The first-order valence-corrected chi connectivity index (χ1v) is 9.20. The van der Waals surface area contributed by atoms with Crippen LogP contribution < -0.4 is 10.1 Å². The van der Waals surface area contributed by atoms with Gasteiger partial charge in [-0.25, -0.2) is 4.79 Å². The molecule has 0 bridgehead atoms. The van der Waals surface area contributed by atoms with Gasteiger partial charge >= 0.3 is 5.97 Å². The number of carbonyl (C=O) groups is 2. The summed E-state index contributed by atoms with van der Waals surface area (Å²) in [5.41, 5.74) is 0.613. The fraction of sp³-hybridized carbons (Fsp3) is 0.294. The van der Waals surface area contributed by atoms with Gasteiger partial charge in [-0.05, 0) is 48.4 Å². The fourth-order valence-corrected chi connectivity index (χ4v) is 3.62. The second-order valence-electron chi connectivity index (χ2n) is 4.98. The summed E-state index contributed by atoms with van der Waals surface area (Å²) < 4.78 is 11.0. The van der Waals surface area contributed by atoms with Crippen LogP contribution in [0, 0.1) is 0 Å². The van der Waals surface area contributed by atoms with E-state index in [9.17, 15) is 9.59 Å². The van der Waals surface area contributed by atoms with E-state index in [0.717, 1.165) is 0 Å². The minimum absolute atomic E-state index is 0.0334. The molecule has 7 heteroatoms. The van der Waals surface area contributed by atoms with E-state index in [4.69, 9.17) is 9.47 Å². The highest BCUT2D eigenvalue weighted by Gasteiger charge is 2.27. The SMILES string of the molecule is CCC(C)OC(=O)C(C(=O)Nc1ccc(OC)cc1)=C1SC=CS1. The number of amides is 1. The van der Waals surface area contributed by atoms with Crippen molar-refractivity contribution in [3.8, 4) is 5.75 Å². The van der Waals surface area contributed by atoms with E-state index >= 15 is 0 Å². The fourth-order valence-electron chi connectivity index (χ4n) is 1.79. The first-order chi connectivity index (χ1) is 11.5. The Kier molecular flexibility index (Phi) is 6.81. The standard InChI is InChI=1S/C17H19NO4S2/c1-4-11(2)22-16(20)14(17-23-9-10-24-17)15(19)18-12-5-7-13(21-3)8-6-12/h5-11H,4H2,1-3H3,(H,18,19). The van der Waals surface area contributed by atoms with Gasteiger partial charge in [0.05, 0.1) is 17.5 Å². The molecule has 1 unspecified atom stereocenters. The number of hydrogen-bond donors (Lipinski definition) is 1. The third-order valence-corrected chi connectivity index (χ3v) is 5.40. The van der Waals surface area contributed by atoms with E-state index in [1.165, 1.54) is 23.5 Å². The lowest BCUT2D eigenvalue weighted by molar-refractivity contribution is -0.144. The molecule has 1 aliphatic rings. The van der Waals surface area contributed by atoms with Gasteiger partial charge in [-0.2, -0.15) is 0 Å². The maximum absolute atomic E-state index is 12.6. The number of ether oxygens (including phenoxy) is 2. The van der Waals surface area contributed by atoms with Crippen molar-refractivity contribution in [1.29, 1.82) is 0 Å². The van der Waals surface area contributed by atoms with E-state index in [2.05, 4.69) is 5.32 Å². The van der Waals surface area contributed by atoms with Crippen LogP contribution in [-0.2, 0) is 14.3 Å². The molecule has 1 N–H and O–H groups in total. The predicted molar refractivity (Wildman–Crippen MR) is 98.8 cm³/mol. The molecule has 1 amide bonds. The zero-order valence-corrected chi connectivity index (χ0v) is 15.3. The molecule has 0 spiro atoms. The van der Waals surface area contributed by atoms with Crippen molar-refractivity contribution in [1.82, 2.24) is 0 Å². The van der Waals surface area contributed by atoms with Gasteiger partial charge in [0.15, 0.2) is 0 Å². The average Bonchev–Trinajstić information content (AvgIpc) is 3.09. The monoisotopic (exact) mass is 365 g/mol. The molecule has 24 heavy (non-hydrogen) atoms. The van der Waals surface area contributed by atoms with Crippen molar-refractivity contribution in [2.45, 2.75) is 26.4 Å². The molecule has 1 aromatic rings. The topological polar surface area (TPSA) is 64.6 Å². The molecule has 1 atom stereocenters. The zero-order valence-electron chi connectivity index (χ0n) is 13.7. The molecule has 0 aromatic heterocycles. The van der Waals surface area contributed by atoms with Crippen molar-refractivity contribution >= 4 is 41.1 Å². The van der Waals surface area contributed by atoms with Crippen LogP contribution in [0.15, 0.2) is 44.9 Å². The van der Waals surface area contributed by atoms with Crippen molar-refractivity contribution in [2.75, 3.05) is 12.4 Å². The number of hydrogen-bond acceptors (Lipinski definition) is 6. The molecule has 0 saturated carbocycles. The number of benzene rings is 1. The van der Waals surface area contributed by atoms with Crippen molar-refractivity contribution in [3.63, 3.8) is 0 Å². The second kappa shape index (κ2) is 8.84. The predicted octanol–water partition coefficient (Wildman–Crippen LogP) is 4.14. The quantitative estimate of drug-likeness (QED) is 0.354. The van der Waals surface area contributed by atoms with Gasteiger partial charge in [0.1, 0.15) is 11.3 Å². The van der Waals surface area contributed by atoms with E-state index in [0.29, 0.717) is 22.1 Å². The first kappa shape index (κ1) is 18.5. The Morgan fingerprint density at radius 2 is 1.79 bits per heavy atom. The van der Waals surface area contributed by atoms with E-state index < -0.39 is 11.9 Å². The Balaban J connectivity index is 2.18. The minimum atomic E-state index is -0.603. The number of nitrogens with one attached hydrogen (secondary N) is 1. The summed E-state index contributed by atoms with van der Waals surface area (Å²) in [6.45, 7) is 3.72. The molecule has 5 nitrogen and oxygen atoms in total. The lowest BCUT2D eigenvalue weighted by Crippen LogP contribution is -2.25. The van der Waals surface area contributed by atoms with Gasteiger partial charge in [-0.15, -0.1) is 0 Å². The maximum Gasteiger partial charge on any atom is 0.345 e. The molecular formula is C17H19NO4S2. The molecule has 0 aliphatic carbocycles. The van der Waals surface area contributed by atoms with Crippen LogP contribution in [0.4, 0.5) is 5.69 Å². The number of methoxy groups -OCH3 is 1. The number of anilines is 1. The van der Waals surface area contributed by atoms with Crippen molar-refractivity contribution in [2.24, 2.45) is 0 Å². The average molecular weight is 365 g/mol. The van der Waals surface area contributed by atoms with Crippen LogP contribution in [-0.4, -0.2) is 25.1 Å². The summed E-state index contributed by atoms with van der Waals surface area (Å²) in [4.78, 5) is 25.0. The normalized spacial score (nSPS) is 14.2. The third-order valence-electron chi connectivity index (χ3n) is 3.27. The highest BCUT2D eigenvalue weighted by Crippen LogP contribution is 2.40. The highest BCUT2D eigenvalue weighted by atomic mass is 32.2.